The molecule has 1 N–H and O–H groups in total. The molecule has 0 saturated carbocycles. The van der Waals surface area contributed by atoms with Crippen molar-refractivity contribution in [2.45, 2.75) is 26.8 Å². The molecule has 0 radical (unpaired) electrons. The van der Waals surface area contributed by atoms with E-state index in [9.17, 15) is 4.39 Å². The van der Waals surface area contributed by atoms with Gasteiger partial charge in [-0.15, -0.1) is 5.10 Å². The third-order valence-corrected chi connectivity index (χ3v) is 3.76. The lowest BCUT2D eigenvalue weighted by Crippen LogP contribution is -2.22. The Kier molecular flexibility index (Phi) is 4.04. The molecule has 0 saturated heterocycles. The molecule has 0 bridgehead atoms. The molecule has 96 valence electrons. The Labute approximate surface area is 110 Å². The van der Waals surface area contributed by atoms with Crippen LogP contribution < -0.4 is 5.32 Å². The van der Waals surface area contributed by atoms with Gasteiger partial charge in [0.25, 0.3) is 0 Å². The van der Waals surface area contributed by atoms with Gasteiger partial charge >= 0.3 is 0 Å². The molecule has 1 unspecified atom stereocenters. The van der Waals surface area contributed by atoms with E-state index >= 15 is 0 Å². The zero-order chi connectivity index (χ0) is 13.1. The van der Waals surface area contributed by atoms with E-state index in [1.54, 1.807) is 6.92 Å². The Hall–Kier alpha value is -1.33. The van der Waals surface area contributed by atoms with Crippen LogP contribution in [0.25, 0.3) is 0 Å². The zero-order valence-corrected chi connectivity index (χ0v) is 11.5. The van der Waals surface area contributed by atoms with Crippen LogP contribution in [0.1, 0.15) is 34.7 Å². The summed E-state index contributed by atoms with van der Waals surface area (Å²) in [5.74, 6) is -0.173. The van der Waals surface area contributed by atoms with Crippen molar-refractivity contribution >= 4 is 11.5 Å². The number of benzene rings is 1. The fourth-order valence-electron chi connectivity index (χ4n) is 1.92. The van der Waals surface area contributed by atoms with Crippen LogP contribution in [0.3, 0.4) is 0 Å². The van der Waals surface area contributed by atoms with Gasteiger partial charge in [0.1, 0.15) is 5.82 Å². The molecule has 2 aromatic rings. The van der Waals surface area contributed by atoms with E-state index in [1.165, 1.54) is 17.6 Å². The topological polar surface area (TPSA) is 37.8 Å². The standard InChI is InChI=1S/C13H16FN3S/c1-4-15-12(13-9(3)16-17-18-13)10-5-6-11(14)8(2)7-10/h5-7,12,15H,4H2,1-3H3. The summed E-state index contributed by atoms with van der Waals surface area (Å²) in [7, 11) is 0. The van der Waals surface area contributed by atoms with E-state index in [0.29, 0.717) is 5.56 Å². The normalized spacial score (nSPS) is 12.7. The fraction of sp³-hybridized carbons (Fsp3) is 0.385. The van der Waals surface area contributed by atoms with Crippen LogP contribution in [0.4, 0.5) is 4.39 Å². The number of rotatable bonds is 4. The van der Waals surface area contributed by atoms with Crippen molar-refractivity contribution in [3.05, 3.63) is 45.7 Å². The number of halogens is 1. The van der Waals surface area contributed by atoms with Gasteiger partial charge in [0.2, 0.25) is 0 Å². The lowest BCUT2D eigenvalue weighted by Gasteiger charge is -2.17. The molecule has 2 rings (SSSR count). The van der Waals surface area contributed by atoms with Gasteiger partial charge in [0, 0.05) is 0 Å². The summed E-state index contributed by atoms with van der Waals surface area (Å²) < 4.78 is 17.3. The molecule has 1 aromatic carbocycles. The third-order valence-electron chi connectivity index (χ3n) is 2.87. The average molecular weight is 265 g/mol. The van der Waals surface area contributed by atoms with E-state index in [1.807, 2.05) is 26.0 Å². The van der Waals surface area contributed by atoms with Crippen molar-refractivity contribution in [3.63, 3.8) is 0 Å². The summed E-state index contributed by atoms with van der Waals surface area (Å²) in [5, 5.41) is 7.44. The summed E-state index contributed by atoms with van der Waals surface area (Å²) in [6.07, 6.45) is 0. The number of nitrogens with zero attached hydrogens (tertiary/aromatic N) is 2. The third kappa shape index (κ3) is 2.57. The molecule has 5 heteroatoms. The monoisotopic (exact) mass is 265 g/mol. The molecule has 0 fully saturated rings. The van der Waals surface area contributed by atoms with Crippen molar-refractivity contribution in [1.82, 2.24) is 14.9 Å². The number of aryl methyl sites for hydroxylation is 2. The van der Waals surface area contributed by atoms with Crippen molar-refractivity contribution < 1.29 is 4.39 Å². The first-order valence-corrected chi connectivity index (χ1v) is 6.69. The highest BCUT2D eigenvalue weighted by Gasteiger charge is 2.19. The summed E-state index contributed by atoms with van der Waals surface area (Å²) in [5.41, 5.74) is 2.63. The Morgan fingerprint density at radius 2 is 2.17 bits per heavy atom. The highest BCUT2D eigenvalue weighted by Crippen LogP contribution is 2.27. The minimum atomic E-state index is -0.173. The van der Waals surface area contributed by atoms with Crippen molar-refractivity contribution in [3.8, 4) is 0 Å². The molecule has 3 nitrogen and oxygen atoms in total. The Balaban J connectivity index is 2.41. The molecule has 0 amide bonds. The lowest BCUT2D eigenvalue weighted by atomic mass is 10.0. The van der Waals surface area contributed by atoms with Crippen LogP contribution in [0.5, 0.6) is 0 Å². The van der Waals surface area contributed by atoms with Crippen molar-refractivity contribution in [2.75, 3.05) is 6.54 Å². The first-order valence-electron chi connectivity index (χ1n) is 5.91. The summed E-state index contributed by atoms with van der Waals surface area (Å²) in [6, 6.07) is 5.24. The van der Waals surface area contributed by atoms with Gasteiger partial charge in [-0.3, -0.25) is 0 Å². The second-order valence-electron chi connectivity index (χ2n) is 4.22. The number of hydrogen-bond donors (Lipinski definition) is 1. The van der Waals surface area contributed by atoms with Gasteiger partial charge < -0.3 is 5.32 Å². The fourth-order valence-corrected chi connectivity index (χ4v) is 2.67. The Bertz CT molecular complexity index is 539. The SMILES string of the molecule is CCNC(c1ccc(F)c(C)c1)c1snnc1C. The van der Waals surface area contributed by atoms with E-state index < -0.39 is 0 Å². The zero-order valence-electron chi connectivity index (χ0n) is 10.7. The van der Waals surface area contributed by atoms with Gasteiger partial charge in [-0.2, -0.15) is 0 Å². The highest BCUT2D eigenvalue weighted by molar-refractivity contribution is 7.05. The molecule has 0 aliphatic carbocycles. The minimum absolute atomic E-state index is 0.0364. The minimum Gasteiger partial charge on any atom is -0.306 e. The van der Waals surface area contributed by atoms with Crippen LogP contribution >= 0.6 is 11.5 Å². The van der Waals surface area contributed by atoms with Gasteiger partial charge in [-0.25, -0.2) is 4.39 Å². The van der Waals surface area contributed by atoms with Crippen molar-refractivity contribution in [1.29, 1.82) is 0 Å². The first kappa shape index (κ1) is 13.1. The quantitative estimate of drug-likeness (QED) is 0.923. The van der Waals surface area contributed by atoms with Crippen molar-refractivity contribution in [2.24, 2.45) is 0 Å². The predicted octanol–water partition coefficient (Wildman–Crippen LogP) is 2.99. The van der Waals surface area contributed by atoms with Gasteiger partial charge in [0.05, 0.1) is 16.6 Å². The summed E-state index contributed by atoms with van der Waals surface area (Å²) >= 11 is 1.39. The smallest absolute Gasteiger partial charge is 0.126 e. The second kappa shape index (κ2) is 5.54. The second-order valence-corrected chi connectivity index (χ2v) is 5.01. The lowest BCUT2D eigenvalue weighted by molar-refractivity contribution is 0.608. The van der Waals surface area contributed by atoms with E-state index in [2.05, 4.69) is 14.9 Å². The molecular formula is C13H16FN3S. The largest absolute Gasteiger partial charge is 0.306 e. The highest BCUT2D eigenvalue weighted by atomic mass is 32.1. The van der Waals surface area contributed by atoms with Crippen LogP contribution in [0, 0.1) is 19.7 Å². The van der Waals surface area contributed by atoms with Crippen LogP contribution in [-0.4, -0.2) is 16.1 Å². The maximum Gasteiger partial charge on any atom is 0.126 e. The molecule has 0 aliphatic heterocycles. The number of hydrogen-bond acceptors (Lipinski definition) is 4. The Morgan fingerprint density at radius 3 is 2.72 bits per heavy atom. The molecule has 0 aliphatic rings. The molecule has 1 atom stereocenters. The number of nitrogens with one attached hydrogen (secondary N) is 1. The molecule has 1 heterocycles. The molecule has 1 aromatic heterocycles. The van der Waals surface area contributed by atoms with Gasteiger partial charge in [-0.1, -0.05) is 23.5 Å². The van der Waals surface area contributed by atoms with E-state index in [-0.39, 0.29) is 11.9 Å². The molecule has 18 heavy (non-hydrogen) atoms. The summed E-state index contributed by atoms with van der Waals surface area (Å²) in [6.45, 7) is 6.60. The van der Waals surface area contributed by atoms with Crippen LogP contribution in [0.2, 0.25) is 0 Å². The van der Waals surface area contributed by atoms with Gasteiger partial charge in [0.15, 0.2) is 0 Å². The van der Waals surface area contributed by atoms with Gasteiger partial charge in [-0.05, 0) is 49.1 Å². The first-order chi connectivity index (χ1) is 8.63. The number of aromatic nitrogens is 2. The maximum atomic E-state index is 13.3. The average Bonchev–Trinajstić information content (AvgIpc) is 2.76. The molecule has 0 spiro atoms. The maximum absolute atomic E-state index is 13.3. The van der Waals surface area contributed by atoms with Crippen LogP contribution in [-0.2, 0) is 0 Å². The van der Waals surface area contributed by atoms with Crippen LogP contribution in [0.15, 0.2) is 18.2 Å². The predicted molar refractivity (Wildman–Crippen MR) is 71.3 cm³/mol. The van der Waals surface area contributed by atoms with E-state index in [0.717, 1.165) is 22.7 Å². The molecular weight excluding hydrogens is 249 g/mol. The Morgan fingerprint density at radius 1 is 1.39 bits per heavy atom. The summed E-state index contributed by atoms with van der Waals surface area (Å²) in [4.78, 5) is 1.09. The van der Waals surface area contributed by atoms with E-state index in [4.69, 9.17) is 0 Å².